The van der Waals surface area contributed by atoms with Crippen LogP contribution in [0.3, 0.4) is 0 Å². The molecule has 1 heterocycles. The number of aromatic nitrogens is 2. The van der Waals surface area contributed by atoms with Crippen LogP contribution in [0.1, 0.15) is 17.0 Å². The Kier molecular flexibility index (Phi) is 2.84. The molecule has 19 heavy (non-hydrogen) atoms. The molecule has 0 aliphatic carbocycles. The van der Waals surface area contributed by atoms with Crippen LogP contribution in [0.2, 0.25) is 0 Å². The normalized spacial score (nSPS) is 11.1. The molecule has 3 heteroatoms. The van der Waals surface area contributed by atoms with E-state index in [4.69, 9.17) is 5.73 Å². The highest BCUT2D eigenvalue weighted by molar-refractivity contribution is 5.78. The fourth-order valence-electron chi connectivity index (χ4n) is 2.44. The zero-order valence-corrected chi connectivity index (χ0v) is 11.2. The lowest BCUT2D eigenvalue weighted by Crippen LogP contribution is -2.08. The van der Waals surface area contributed by atoms with Crippen molar-refractivity contribution >= 4 is 11.0 Å². The fourth-order valence-corrected chi connectivity index (χ4v) is 2.44. The van der Waals surface area contributed by atoms with Gasteiger partial charge in [0.05, 0.1) is 23.3 Å². The van der Waals surface area contributed by atoms with Crippen molar-refractivity contribution in [3.8, 4) is 5.69 Å². The minimum absolute atomic E-state index is 0.433. The molecule has 0 amide bonds. The first-order chi connectivity index (χ1) is 9.20. The van der Waals surface area contributed by atoms with E-state index in [1.165, 1.54) is 11.1 Å². The maximum absolute atomic E-state index is 5.86. The number of aryl methyl sites for hydroxylation is 2. The monoisotopic (exact) mass is 251 g/mol. The average molecular weight is 251 g/mol. The van der Waals surface area contributed by atoms with Crippen molar-refractivity contribution in [2.75, 3.05) is 0 Å². The van der Waals surface area contributed by atoms with Crippen LogP contribution in [-0.2, 0) is 6.54 Å². The van der Waals surface area contributed by atoms with Gasteiger partial charge < -0.3 is 5.73 Å². The molecule has 0 saturated heterocycles. The summed E-state index contributed by atoms with van der Waals surface area (Å²) in [7, 11) is 0. The Balaban J connectivity index is 2.37. The Hall–Kier alpha value is -2.13. The van der Waals surface area contributed by atoms with E-state index in [0.29, 0.717) is 6.54 Å². The summed E-state index contributed by atoms with van der Waals surface area (Å²) < 4.78 is 2.16. The topological polar surface area (TPSA) is 43.8 Å². The Morgan fingerprint density at radius 2 is 1.89 bits per heavy atom. The molecule has 1 aromatic heterocycles. The molecule has 0 fully saturated rings. The van der Waals surface area contributed by atoms with Crippen molar-refractivity contribution < 1.29 is 0 Å². The Labute approximate surface area is 112 Å². The first kappa shape index (κ1) is 11.9. The van der Waals surface area contributed by atoms with E-state index in [2.05, 4.69) is 47.7 Å². The number of hydrogen-bond acceptors (Lipinski definition) is 2. The van der Waals surface area contributed by atoms with Gasteiger partial charge in [0.1, 0.15) is 5.82 Å². The smallest absolute Gasteiger partial charge is 0.128 e. The van der Waals surface area contributed by atoms with E-state index in [0.717, 1.165) is 22.5 Å². The highest BCUT2D eigenvalue weighted by Gasteiger charge is 2.12. The highest BCUT2D eigenvalue weighted by atomic mass is 15.1. The molecule has 2 N–H and O–H groups in total. The van der Waals surface area contributed by atoms with E-state index in [-0.39, 0.29) is 0 Å². The molecule has 0 unspecified atom stereocenters. The van der Waals surface area contributed by atoms with Crippen LogP contribution in [0.25, 0.3) is 16.7 Å². The highest BCUT2D eigenvalue weighted by Crippen LogP contribution is 2.24. The van der Waals surface area contributed by atoms with Crippen molar-refractivity contribution in [2.45, 2.75) is 20.4 Å². The average Bonchev–Trinajstić information content (AvgIpc) is 2.80. The predicted molar refractivity (Wildman–Crippen MR) is 78.4 cm³/mol. The Morgan fingerprint density at radius 3 is 2.68 bits per heavy atom. The Morgan fingerprint density at radius 1 is 1.11 bits per heavy atom. The molecule has 0 aliphatic heterocycles. The number of para-hydroxylation sites is 2. The second kappa shape index (κ2) is 4.52. The van der Waals surface area contributed by atoms with Crippen molar-refractivity contribution in [3.63, 3.8) is 0 Å². The lowest BCUT2D eigenvalue weighted by Gasteiger charge is -2.12. The first-order valence-corrected chi connectivity index (χ1v) is 6.45. The van der Waals surface area contributed by atoms with Crippen LogP contribution >= 0.6 is 0 Å². The summed E-state index contributed by atoms with van der Waals surface area (Å²) in [6.45, 7) is 4.65. The fraction of sp³-hybridized carbons (Fsp3) is 0.188. The summed E-state index contributed by atoms with van der Waals surface area (Å²) in [6.07, 6.45) is 0. The lowest BCUT2D eigenvalue weighted by molar-refractivity contribution is 0.877. The number of benzene rings is 2. The largest absolute Gasteiger partial charge is 0.324 e. The molecule has 0 atom stereocenters. The summed E-state index contributed by atoms with van der Waals surface area (Å²) in [5, 5.41) is 0. The maximum atomic E-state index is 5.86. The third kappa shape index (κ3) is 1.92. The van der Waals surface area contributed by atoms with Gasteiger partial charge >= 0.3 is 0 Å². The predicted octanol–water partition coefficient (Wildman–Crippen LogP) is 3.10. The van der Waals surface area contributed by atoms with Gasteiger partial charge in [-0.15, -0.1) is 0 Å². The van der Waals surface area contributed by atoms with E-state index >= 15 is 0 Å². The molecule has 2 aromatic carbocycles. The molecule has 0 spiro atoms. The van der Waals surface area contributed by atoms with Crippen LogP contribution < -0.4 is 5.73 Å². The molecule has 0 aliphatic rings. The molecule has 3 nitrogen and oxygen atoms in total. The van der Waals surface area contributed by atoms with E-state index in [1.807, 2.05) is 18.2 Å². The van der Waals surface area contributed by atoms with Crippen LogP contribution in [0, 0.1) is 13.8 Å². The Bertz CT molecular complexity index is 741. The summed E-state index contributed by atoms with van der Waals surface area (Å²) >= 11 is 0. The molecule has 3 aromatic rings. The van der Waals surface area contributed by atoms with Gasteiger partial charge in [-0.25, -0.2) is 4.98 Å². The molecule has 96 valence electrons. The van der Waals surface area contributed by atoms with Crippen LogP contribution in [-0.4, -0.2) is 9.55 Å². The number of fused-ring (bicyclic) bond motifs is 1. The summed E-state index contributed by atoms with van der Waals surface area (Å²) in [5.74, 6) is 0.898. The number of hydrogen-bond donors (Lipinski definition) is 1. The van der Waals surface area contributed by atoms with Crippen molar-refractivity contribution in [1.29, 1.82) is 0 Å². The number of nitrogens with zero attached hydrogens (tertiary/aromatic N) is 2. The number of nitrogens with two attached hydrogens (primary N) is 1. The van der Waals surface area contributed by atoms with Gasteiger partial charge in [0.2, 0.25) is 0 Å². The quantitative estimate of drug-likeness (QED) is 0.760. The van der Waals surface area contributed by atoms with Gasteiger partial charge in [-0.2, -0.15) is 0 Å². The van der Waals surface area contributed by atoms with Crippen LogP contribution in [0.5, 0.6) is 0 Å². The third-order valence-corrected chi connectivity index (χ3v) is 3.42. The molecule has 3 rings (SSSR count). The van der Waals surface area contributed by atoms with E-state index in [1.54, 1.807) is 0 Å². The first-order valence-electron chi connectivity index (χ1n) is 6.45. The van der Waals surface area contributed by atoms with Gasteiger partial charge in [-0.3, -0.25) is 4.57 Å². The minimum Gasteiger partial charge on any atom is -0.324 e. The zero-order valence-electron chi connectivity index (χ0n) is 11.2. The van der Waals surface area contributed by atoms with Crippen molar-refractivity contribution in [1.82, 2.24) is 9.55 Å². The molecule has 0 bridgehead atoms. The molecular formula is C16H17N3. The lowest BCUT2D eigenvalue weighted by atomic mass is 10.1. The second-order valence-electron chi connectivity index (χ2n) is 4.85. The van der Waals surface area contributed by atoms with Gasteiger partial charge in [0.15, 0.2) is 0 Å². The van der Waals surface area contributed by atoms with Crippen molar-refractivity contribution in [3.05, 3.63) is 59.4 Å². The SMILES string of the molecule is Cc1ccc(C)c(-n2c(CN)nc3ccccc32)c1. The minimum atomic E-state index is 0.433. The van der Waals surface area contributed by atoms with Crippen molar-refractivity contribution in [2.24, 2.45) is 5.73 Å². The molecule has 0 radical (unpaired) electrons. The second-order valence-corrected chi connectivity index (χ2v) is 4.85. The standard InChI is InChI=1S/C16H17N3/c1-11-7-8-12(2)15(9-11)19-14-6-4-3-5-13(14)18-16(19)10-17/h3-9H,10,17H2,1-2H3. The van der Waals surface area contributed by atoms with E-state index in [9.17, 15) is 0 Å². The number of imidazole rings is 1. The zero-order chi connectivity index (χ0) is 13.4. The van der Waals surface area contributed by atoms with E-state index < -0.39 is 0 Å². The third-order valence-electron chi connectivity index (χ3n) is 3.42. The summed E-state index contributed by atoms with van der Waals surface area (Å²) in [5.41, 5.74) is 11.6. The summed E-state index contributed by atoms with van der Waals surface area (Å²) in [4.78, 5) is 4.62. The van der Waals surface area contributed by atoms with Gasteiger partial charge in [0, 0.05) is 0 Å². The van der Waals surface area contributed by atoms with Crippen LogP contribution in [0.4, 0.5) is 0 Å². The summed E-state index contributed by atoms with van der Waals surface area (Å²) in [6, 6.07) is 14.6. The van der Waals surface area contributed by atoms with Gasteiger partial charge in [-0.1, -0.05) is 24.3 Å². The molecular weight excluding hydrogens is 234 g/mol. The van der Waals surface area contributed by atoms with Gasteiger partial charge in [0.25, 0.3) is 0 Å². The molecule has 0 saturated carbocycles. The van der Waals surface area contributed by atoms with Crippen LogP contribution in [0.15, 0.2) is 42.5 Å². The maximum Gasteiger partial charge on any atom is 0.128 e. The number of rotatable bonds is 2. The van der Waals surface area contributed by atoms with Gasteiger partial charge in [-0.05, 0) is 43.2 Å².